The Morgan fingerprint density at radius 1 is 1.57 bits per heavy atom. The van der Waals surface area contributed by atoms with Gasteiger partial charge in [-0.25, -0.2) is 14.8 Å². The highest BCUT2D eigenvalue weighted by Gasteiger charge is 2.06. The first kappa shape index (κ1) is 8.68. The Bertz CT molecular complexity index is 490. The predicted molar refractivity (Wildman–Crippen MR) is 49.3 cm³/mol. The van der Waals surface area contributed by atoms with Crippen molar-refractivity contribution in [3.05, 3.63) is 30.0 Å². The first-order chi connectivity index (χ1) is 6.70. The number of carboxylic acid groups (broad SMARTS) is 1. The van der Waals surface area contributed by atoms with Gasteiger partial charge in [0.2, 0.25) is 0 Å². The number of nitrogens with zero attached hydrogens (tertiary/aromatic N) is 3. The van der Waals surface area contributed by atoms with E-state index in [1.807, 2.05) is 13.1 Å². The van der Waals surface area contributed by atoms with E-state index in [0.717, 1.165) is 12.1 Å². The SMILES string of the molecule is CCc1cn2cc(C(=O)O)ncc2n1. The van der Waals surface area contributed by atoms with Gasteiger partial charge in [-0.1, -0.05) is 6.92 Å². The monoisotopic (exact) mass is 191 g/mol. The molecule has 14 heavy (non-hydrogen) atoms. The standard InChI is InChI=1S/C9H9N3O2/c1-2-6-4-12-5-7(9(13)14)10-3-8(12)11-6/h3-5H,2H2,1H3,(H,13,14). The summed E-state index contributed by atoms with van der Waals surface area (Å²) in [6.45, 7) is 1.99. The molecule has 72 valence electrons. The van der Waals surface area contributed by atoms with E-state index in [2.05, 4.69) is 9.97 Å². The van der Waals surface area contributed by atoms with Crippen molar-refractivity contribution in [2.75, 3.05) is 0 Å². The zero-order valence-electron chi connectivity index (χ0n) is 7.64. The Morgan fingerprint density at radius 2 is 2.36 bits per heavy atom. The van der Waals surface area contributed by atoms with Gasteiger partial charge >= 0.3 is 5.97 Å². The number of aryl methyl sites for hydroxylation is 1. The molecule has 0 unspecified atom stereocenters. The van der Waals surface area contributed by atoms with Gasteiger partial charge in [-0.15, -0.1) is 0 Å². The van der Waals surface area contributed by atoms with Gasteiger partial charge in [0.05, 0.1) is 11.9 Å². The van der Waals surface area contributed by atoms with Crippen LogP contribution in [0.4, 0.5) is 0 Å². The summed E-state index contributed by atoms with van der Waals surface area (Å²) in [6, 6.07) is 0. The molecule has 0 aromatic carbocycles. The smallest absolute Gasteiger partial charge is 0.356 e. The van der Waals surface area contributed by atoms with Crippen LogP contribution in [0.2, 0.25) is 0 Å². The van der Waals surface area contributed by atoms with Gasteiger partial charge < -0.3 is 9.51 Å². The Kier molecular flexibility index (Phi) is 1.92. The van der Waals surface area contributed by atoms with Crippen LogP contribution in [0, 0.1) is 0 Å². The van der Waals surface area contributed by atoms with Crippen molar-refractivity contribution in [2.24, 2.45) is 0 Å². The Labute approximate surface area is 80.0 Å². The van der Waals surface area contributed by atoms with Gasteiger partial charge in [0.1, 0.15) is 0 Å². The molecule has 0 amide bonds. The molecule has 0 aliphatic carbocycles. The number of carboxylic acids is 1. The second-order valence-corrected chi connectivity index (χ2v) is 2.93. The summed E-state index contributed by atoms with van der Waals surface area (Å²) in [6.07, 6.45) is 5.56. The quantitative estimate of drug-likeness (QED) is 0.768. The van der Waals surface area contributed by atoms with Crippen LogP contribution < -0.4 is 0 Å². The highest BCUT2D eigenvalue weighted by molar-refractivity contribution is 5.85. The number of carbonyl (C=O) groups is 1. The van der Waals surface area contributed by atoms with Gasteiger partial charge in [-0.3, -0.25) is 0 Å². The van der Waals surface area contributed by atoms with E-state index in [-0.39, 0.29) is 5.69 Å². The van der Waals surface area contributed by atoms with Gasteiger partial charge in [0.15, 0.2) is 11.3 Å². The van der Waals surface area contributed by atoms with E-state index in [4.69, 9.17) is 5.11 Å². The zero-order chi connectivity index (χ0) is 10.1. The molecule has 0 fully saturated rings. The normalized spacial score (nSPS) is 10.6. The maximum atomic E-state index is 10.6. The van der Waals surface area contributed by atoms with E-state index in [1.54, 1.807) is 4.40 Å². The number of aromatic nitrogens is 3. The van der Waals surface area contributed by atoms with E-state index >= 15 is 0 Å². The number of hydrogen-bond acceptors (Lipinski definition) is 3. The molecular weight excluding hydrogens is 182 g/mol. The van der Waals surface area contributed by atoms with Crippen LogP contribution in [-0.4, -0.2) is 25.4 Å². The van der Waals surface area contributed by atoms with E-state index < -0.39 is 5.97 Å². The molecule has 2 rings (SSSR count). The first-order valence-corrected chi connectivity index (χ1v) is 4.27. The molecule has 0 saturated carbocycles. The number of aromatic carboxylic acids is 1. The molecule has 2 aromatic heterocycles. The number of hydrogen-bond donors (Lipinski definition) is 1. The average molecular weight is 191 g/mol. The third kappa shape index (κ3) is 1.32. The van der Waals surface area contributed by atoms with Crippen LogP contribution in [-0.2, 0) is 6.42 Å². The maximum absolute atomic E-state index is 10.6. The summed E-state index contributed by atoms with van der Waals surface area (Å²) in [5.41, 5.74) is 1.62. The largest absolute Gasteiger partial charge is 0.476 e. The molecule has 0 aliphatic heterocycles. The van der Waals surface area contributed by atoms with Gasteiger partial charge in [-0.2, -0.15) is 0 Å². The summed E-state index contributed by atoms with van der Waals surface area (Å²) < 4.78 is 1.68. The van der Waals surface area contributed by atoms with Crippen molar-refractivity contribution in [2.45, 2.75) is 13.3 Å². The molecule has 2 aromatic rings. The minimum absolute atomic E-state index is 0.0255. The second kappa shape index (κ2) is 3.10. The van der Waals surface area contributed by atoms with Crippen LogP contribution in [0.15, 0.2) is 18.6 Å². The lowest BCUT2D eigenvalue weighted by atomic mass is 10.4. The second-order valence-electron chi connectivity index (χ2n) is 2.93. The number of fused-ring (bicyclic) bond motifs is 1. The molecule has 1 N–H and O–H groups in total. The van der Waals surface area contributed by atoms with Crippen LogP contribution in [0.3, 0.4) is 0 Å². The summed E-state index contributed by atoms with van der Waals surface area (Å²) >= 11 is 0. The van der Waals surface area contributed by atoms with Gasteiger partial charge in [-0.05, 0) is 6.42 Å². The summed E-state index contributed by atoms with van der Waals surface area (Å²) in [5.74, 6) is -1.03. The van der Waals surface area contributed by atoms with Crippen molar-refractivity contribution in [1.29, 1.82) is 0 Å². The third-order valence-corrected chi connectivity index (χ3v) is 1.97. The van der Waals surface area contributed by atoms with Crippen LogP contribution in [0.1, 0.15) is 23.1 Å². The summed E-state index contributed by atoms with van der Waals surface area (Å²) in [7, 11) is 0. The lowest BCUT2D eigenvalue weighted by molar-refractivity contribution is 0.0690. The Balaban J connectivity index is 2.59. The van der Waals surface area contributed by atoms with Gasteiger partial charge in [0, 0.05) is 12.4 Å². The van der Waals surface area contributed by atoms with Crippen LogP contribution >= 0.6 is 0 Å². The molecule has 5 nitrogen and oxygen atoms in total. The van der Waals surface area contributed by atoms with Crippen molar-refractivity contribution in [1.82, 2.24) is 14.4 Å². The molecule has 0 radical (unpaired) electrons. The lowest BCUT2D eigenvalue weighted by Crippen LogP contribution is -2.01. The Morgan fingerprint density at radius 3 is 3.00 bits per heavy atom. The molecule has 0 aliphatic rings. The fourth-order valence-electron chi connectivity index (χ4n) is 1.23. The molecule has 0 atom stereocenters. The van der Waals surface area contributed by atoms with E-state index in [0.29, 0.717) is 5.65 Å². The van der Waals surface area contributed by atoms with Crippen LogP contribution in [0.25, 0.3) is 5.65 Å². The fourth-order valence-corrected chi connectivity index (χ4v) is 1.23. The zero-order valence-corrected chi connectivity index (χ0v) is 7.64. The fraction of sp³-hybridized carbons (Fsp3) is 0.222. The molecule has 5 heteroatoms. The van der Waals surface area contributed by atoms with E-state index in [1.165, 1.54) is 12.4 Å². The first-order valence-electron chi connectivity index (χ1n) is 4.27. The minimum atomic E-state index is -1.03. The molecule has 0 spiro atoms. The predicted octanol–water partition coefficient (Wildman–Crippen LogP) is 0.990. The topological polar surface area (TPSA) is 67.5 Å². The summed E-state index contributed by atoms with van der Waals surface area (Å²) in [4.78, 5) is 18.6. The van der Waals surface area contributed by atoms with Crippen molar-refractivity contribution in [3.8, 4) is 0 Å². The van der Waals surface area contributed by atoms with Gasteiger partial charge in [0.25, 0.3) is 0 Å². The van der Waals surface area contributed by atoms with Crippen molar-refractivity contribution in [3.63, 3.8) is 0 Å². The van der Waals surface area contributed by atoms with Crippen LogP contribution in [0.5, 0.6) is 0 Å². The minimum Gasteiger partial charge on any atom is -0.476 e. The third-order valence-electron chi connectivity index (χ3n) is 1.97. The number of rotatable bonds is 2. The van der Waals surface area contributed by atoms with Crippen molar-refractivity contribution >= 4 is 11.6 Å². The average Bonchev–Trinajstić information content (AvgIpc) is 2.58. The Hall–Kier alpha value is -1.91. The molecule has 0 bridgehead atoms. The molecular formula is C9H9N3O2. The number of imidazole rings is 1. The maximum Gasteiger partial charge on any atom is 0.356 e. The summed E-state index contributed by atoms with van der Waals surface area (Å²) in [5, 5.41) is 8.71. The highest BCUT2D eigenvalue weighted by atomic mass is 16.4. The lowest BCUT2D eigenvalue weighted by Gasteiger charge is -1.94. The molecule has 0 saturated heterocycles. The highest BCUT2D eigenvalue weighted by Crippen LogP contribution is 2.05. The molecule has 2 heterocycles. The van der Waals surface area contributed by atoms with E-state index in [9.17, 15) is 4.79 Å². The van der Waals surface area contributed by atoms with Crippen molar-refractivity contribution < 1.29 is 9.90 Å².